The van der Waals surface area contributed by atoms with E-state index in [1.165, 1.54) is 23.6 Å². The number of nitrogen functional groups attached to an aromatic ring is 1. The summed E-state index contributed by atoms with van der Waals surface area (Å²) in [5.41, 5.74) is 6.03. The molecule has 0 aliphatic rings. The van der Waals surface area contributed by atoms with Gasteiger partial charge in [0, 0.05) is 17.8 Å². The summed E-state index contributed by atoms with van der Waals surface area (Å²) in [4.78, 5) is 3.43. The van der Waals surface area contributed by atoms with Gasteiger partial charge in [0.25, 0.3) is 0 Å². The van der Waals surface area contributed by atoms with Crippen LogP contribution in [0, 0.1) is 5.95 Å². The molecule has 2 rings (SSSR count). The summed E-state index contributed by atoms with van der Waals surface area (Å²) in [5, 5.41) is 8.37. The van der Waals surface area contributed by atoms with Crippen molar-refractivity contribution in [3.05, 3.63) is 24.3 Å². The first-order valence-electron chi connectivity index (χ1n) is 3.46. The lowest BCUT2D eigenvalue weighted by molar-refractivity contribution is 0.584. The number of pyridine rings is 1. The molecule has 0 aliphatic carbocycles. The second-order valence-corrected chi connectivity index (χ2v) is 3.32. The number of halogens is 1. The Labute approximate surface area is 77.3 Å². The summed E-state index contributed by atoms with van der Waals surface area (Å²) in [6, 6.07) is 2.95. The number of nitrogens with two attached hydrogens (primary N) is 1. The van der Waals surface area contributed by atoms with Crippen molar-refractivity contribution in [2.24, 2.45) is 0 Å². The second-order valence-electron chi connectivity index (χ2n) is 2.31. The van der Waals surface area contributed by atoms with Crippen LogP contribution in [0.25, 0.3) is 10.6 Å². The third-order valence-corrected chi connectivity index (χ3v) is 2.22. The summed E-state index contributed by atoms with van der Waals surface area (Å²) < 4.78 is 12.7. The Morgan fingerprint density at radius 3 is 2.85 bits per heavy atom. The Morgan fingerprint density at radius 2 is 2.23 bits per heavy atom. The van der Waals surface area contributed by atoms with Gasteiger partial charge < -0.3 is 5.73 Å². The zero-order chi connectivity index (χ0) is 9.26. The quantitative estimate of drug-likeness (QED) is 0.698. The van der Waals surface area contributed by atoms with Crippen LogP contribution in [0.1, 0.15) is 0 Å². The van der Waals surface area contributed by atoms with E-state index in [1.807, 2.05) is 0 Å². The number of aromatic nitrogens is 3. The molecule has 0 saturated carbocycles. The van der Waals surface area contributed by atoms with Crippen LogP contribution in [-0.2, 0) is 0 Å². The number of hydrogen-bond donors (Lipinski definition) is 1. The molecule has 0 fully saturated rings. The summed E-state index contributed by atoms with van der Waals surface area (Å²) in [6.07, 6.45) is 1.38. The van der Waals surface area contributed by atoms with Crippen molar-refractivity contribution in [2.45, 2.75) is 0 Å². The minimum Gasteiger partial charge on any atom is -0.374 e. The molecule has 2 aromatic heterocycles. The fraction of sp³-hybridized carbons (Fsp3) is 0. The van der Waals surface area contributed by atoms with Crippen molar-refractivity contribution in [1.82, 2.24) is 15.2 Å². The normalized spacial score (nSPS) is 10.2. The highest BCUT2D eigenvalue weighted by molar-refractivity contribution is 7.18. The molecule has 0 saturated heterocycles. The highest BCUT2D eigenvalue weighted by Crippen LogP contribution is 2.23. The van der Waals surface area contributed by atoms with Crippen LogP contribution in [0.2, 0.25) is 0 Å². The van der Waals surface area contributed by atoms with Crippen LogP contribution in [0.3, 0.4) is 0 Å². The Balaban J connectivity index is 2.46. The van der Waals surface area contributed by atoms with Crippen LogP contribution in [0.15, 0.2) is 18.3 Å². The Morgan fingerprint density at radius 1 is 1.38 bits per heavy atom. The number of nitrogens with zero attached hydrogens (tertiary/aromatic N) is 3. The van der Waals surface area contributed by atoms with Gasteiger partial charge in [0.1, 0.15) is 5.01 Å². The van der Waals surface area contributed by atoms with Crippen molar-refractivity contribution >= 4 is 16.5 Å². The molecule has 6 heteroatoms. The second kappa shape index (κ2) is 3.06. The number of rotatable bonds is 1. The lowest BCUT2D eigenvalue weighted by atomic mass is 10.3. The Hall–Kier alpha value is -1.56. The topological polar surface area (TPSA) is 64.7 Å². The average molecular weight is 196 g/mol. The van der Waals surface area contributed by atoms with E-state index in [9.17, 15) is 4.39 Å². The number of hydrogen-bond acceptors (Lipinski definition) is 5. The summed E-state index contributed by atoms with van der Waals surface area (Å²) in [7, 11) is 0. The monoisotopic (exact) mass is 196 g/mol. The van der Waals surface area contributed by atoms with Crippen LogP contribution in [0.5, 0.6) is 0 Å². The SMILES string of the molecule is Nc1nnc(-c2ccnc(F)c2)s1. The van der Waals surface area contributed by atoms with E-state index in [0.717, 1.165) is 0 Å². The predicted molar refractivity (Wildman–Crippen MR) is 47.5 cm³/mol. The van der Waals surface area contributed by atoms with Crippen LogP contribution >= 0.6 is 11.3 Å². The van der Waals surface area contributed by atoms with E-state index in [-0.39, 0.29) is 0 Å². The summed E-state index contributed by atoms with van der Waals surface area (Å²) in [5.74, 6) is -0.536. The maximum Gasteiger partial charge on any atom is 0.213 e. The van der Waals surface area contributed by atoms with Gasteiger partial charge >= 0.3 is 0 Å². The molecule has 2 heterocycles. The lowest BCUT2D eigenvalue weighted by Crippen LogP contribution is -1.83. The van der Waals surface area contributed by atoms with E-state index >= 15 is 0 Å². The molecule has 2 N–H and O–H groups in total. The van der Waals surface area contributed by atoms with Gasteiger partial charge in [0.05, 0.1) is 0 Å². The summed E-state index contributed by atoms with van der Waals surface area (Å²) >= 11 is 1.21. The van der Waals surface area contributed by atoms with Gasteiger partial charge in [-0.25, -0.2) is 4.98 Å². The first-order valence-corrected chi connectivity index (χ1v) is 4.28. The van der Waals surface area contributed by atoms with Crippen molar-refractivity contribution in [2.75, 3.05) is 5.73 Å². The summed E-state index contributed by atoms with van der Waals surface area (Å²) in [6.45, 7) is 0. The van der Waals surface area contributed by atoms with Crippen molar-refractivity contribution in [3.63, 3.8) is 0 Å². The standard InChI is InChI=1S/C7H5FN4S/c8-5-3-4(1-2-10-5)6-11-12-7(9)13-6/h1-3H,(H2,9,12). The van der Waals surface area contributed by atoms with Crippen molar-refractivity contribution < 1.29 is 4.39 Å². The minimum atomic E-state index is -0.536. The Bertz CT molecular complexity index is 428. The number of anilines is 1. The van der Waals surface area contributed by atoms with Gasteiger partial charge in [-0.1, -0.05) is 11.3 Å². The maximum absolute atomic E-state index is 12.7. The third-order valence-electron chi connectivity index (χ3n) is 1.41. The third kappa shape index (κ3) is 1.62. The van der Waals surface area contributed by atoms with E-state index in [0.29, 0.717) is 15.7 Å². The molecule has 2 aromatic rings. The zero-order valence-electron chi connectivity index (χ0n) is 6.44. The molecule has 0 amide bonds. The molecule has 13 heavy (non-hydrogen) atoms. The molecule has 0 spiro atoms. The van der Waals surface area contributed by atoms with Crippen LogP contribution in [0.4, 0.5) is 9.52 Å². The Kier molecular flexibility index (Phi) is 1.90. The van der Waals surface area contributed by atoms with Crippen LogP contribution in [-0.4, -0.2) is 15.2 Å². The van der Waals surface area contributed by atoms with Gasteiger partial charge in [0.2, 0.25) is 11.1 Å². The van der Waals surface area contributed by atoms with Gasteiger partial charge in [-0.05, 0) is 6.07 Å². The molecular formula is C7H5FN4S. The van der Waals surface area contributed by atoms with E-state index in [1.54, 1.807) is 6.07 Å². The minimum absolute atomic E-state index is 0.368. The zero-order valence-corrected chi connectivity index (χ0v) is 7.25. The first-order chi connectivity index (χ1) is 6.25. The van der Waals surface area contributed by atoms with Crippen molar-refractivity contribution in [3.8, 4) is 10.6 Å². The maximum atomic E-state index is 12.7. The molecular weight excluding hydrogens is 191 g/mol. The highest BCUT2D eigenvalue weighted by Gasteiger charge is 2.04. The van der Waals surface area contributed by atoms with E-state index in [4.69, 9.17) is 5.73 Å². The average Bonchev–Trinajstić information content (AvgIpc) is 2.52. The predicted octanol–water partition coefficient (Wildman–Crippen LogP) is 1.32. The fourth-order valence-corrected chi connectivity index (χ4v) is 1.49. The lowest BCUT2D eigenvalue weighted by Gasteiger charge is -1.92. The highest BCUT2D eigenvalue weighted by atomic mass is 32.1. The molecule has 0 bridgehead atoms. The van der Waals surface area contributed by atoms with Gasteiger partial charge in [-0.3, -0.25) is 0 Å². The van der Waals surface area contributed by atoms with Gasteiger partial charge in [-0.15, -0.1) is 10.2 Å². The first kappa shape index (κ1) is 8.06. The molecule has 0 radical (unpaired) electrons. The van der Waals surface area contributed by atoms with E-state index < -0.39 is 5.95 Å². The molecule has 4 nitrogen and oxygen atoms in total. The molecule has 0 aliphatic heterocycles. The molecule has 66 valence electrons. The molecule has 0 aromatic carbocycles. The molecule has 0 unspecified atom stereocenters. The van der Waals surface area contributed by atoms with E-state index in [2.05, 4.69) is 15.2 Å². The van der Waals surface area contributed by atoms with Gasteiger partial charge in [0.15, 0.2) is 0 Å². The smallest absolute Gasteiger partial charge is 0.213 e. The van der Waals surface area contributed by atoms with Gasteiger partial charge in [-0.2, -0.15) is 4.39 Å². The largest absolute Gasteiger partial charge is 0.374 e. The van der Waals surface area contributed by atoms with Crippen molar-refractivity contribution in [1.29, 1.82) is 0 Å². The van der Waals surface area contributed by atoms with Crippen LogP contribution < -0.4 is 5.73 Å². The molecule has 0 atom stereocenters. The fourth-order valence-electron chi connectivity index (χ4n) is 0.887.